The molecule has 0 aliphatic carbocycles. The molecule has 9 nitrogen and oxygen atoms in total. The Morgan fingerprint density at radius 3 is 2.53 bits per heavy atom. The molecule has 0 saturated heterocycles. The number of phenols is 1. The van der Waals surface area contributed by atoms with Gasteiger partial charge in [0.15, 0.2) is 0 Å². The van der Waals surface area contributed by atoms with Gasteiger partial charge in [-0.25, -0.2) is 4.79 Å². The molecule has 172 valence electrons. The Labute approximate surface area is 190 Å². The fraction of sp³-hybridized carbons (Fsp3) is 0.318. The minimum atomic E-state index is -1.20. The lowest BCUT2D eigenvalue weighted by Crippen LogP contribution is -2.42. The minimum Gasteiger partial charge on any atom is -0.508 e. The van der Waals surface area contributed by atoms with E-state index in [4.69, 9.17) is 10.5 Å². The summed E-state index contributed by atoms with van der Waals surface area (Å²) in [4.78, 5) is 36.4. The molecule has 0 aliphatic heterocycles. The Bertz CT molecular complexity index is 936. The summed E-state index contributed by atoms with van der Waals surface area (Å²) in [6.07, 6.45) is 0.874. The number of amides is 2. The van der Waals surface area contributed by atoms with Crippen LogP contribution in [0.2, 0.25) is 0 Å². The fourth-order valence-electron chi connectivity index (χ4n) is 2.83. The number of aromatic hydroxyl groups is 1. The number of nitrogens with two attached hydrogens (primary N) is 1. The lowest BCUT2D eigenvalue weighted by molar-refractivity contribution is -0.139. The highest BCUT2D eigenvalue weighted by atomic mass is 32.2. The monoisotopic (exact) mass is 461 g/mol. The second-order valence-corrected chi connectivity index (χ2v) is 8.13. The average Bonchev–Trinajstić information content (AvgIpc) is 2.74. The van der Waals surface area contributed by atoms with Crippen molar-refractivity contribution in [2.24, 2.45) is 0 Å². The molecule has 2 aromatic rings. The van der Waals surface area contributed by atoms with Crippen LogP contribution in [0, 0.1) is 0 Å². The number of anilines is 2. The molecule has 6 N–H and O–H groups in total. The quantitative estimate of drug-likeness (QED) is 0.238. The van der Waals surface area contributed by atoms with Crippen LogP contribution in [0.3, 0.4) is 0 Å². The third-order valence-corrected chi connectivity index (χ3v) is 5.39. The number of rotatable bonds is 12. The molecular formula is C22H27N3O6S. The Balaban J connectivity index is 2.00. The van der Waals surface area contributed by atoms with Crippen molar-refractivity contribution in [3.8, 4) is 5.75 Å². The standard InChI is InChI=1S/C22H27N3O6S/c1-31-7-2-8-32-13-20(27)24-17-11-15(10-16(23)12-17)21(28)25-19(22(29)30)9-14-3-5-18(26)6-4-14/h3-6,10-12,19,26H,2,7-9,13,23H2,1H3,(H,24,27)(H,25,28)(H,29,30). The van der Waals surface area contributed by atoms with Crippen molar-refractivity contribution in [2.45, 2.75) is 18.9 Å². The molecule has 0 fully saturated rings. The van der Waals surface area contributed by atoms with Crippen molar-refractivity contribution in [1.29, 1.82) is 0 Å². The van der Waals surface area contributed by atoms with Gasteiger partial charge in [-0.1, -0.05) is 12.1 Å². The predicted octanol–water partition coefficient (Wildman–Crippen LogP) is 2.11. The van der Waals surface area contributed by atoms with Crippen LogP contribution in [0.4, 0.5) is 11.4 Å². The molecule has 0 spiro atoms. The number of carboxylic acid groups (broad SMARTS) is 1. The SMILES string of the molecule is COCCCSCC(=O)Nc1cc(N)cc(C(=O)NC(Cc2ccc(O)cc2)C(=O)O)c1. The van der Waals surface area contributed by atoms with E-state index in [9.17, 15) is 24.6 Å². The maximum atomic E-state index is 12.7. The number of hydrogen-bond acceptors (Lipinski definition) is 7. The first kappa shape index (κ1) is 25.0. The number of nitrogens with one attached hydrogen (secondary N) is 2. The van der Waals surface area contributed by atoms with Crippen molar-refractivity contribution >= 4 is 40.9 Å². The van der Waals surface area contributed by atoms with Gasteiger partial charge >= 0.3 is 5.97 Å². The molecule has 0 aliphatic rings. The molecule has 0 heterocycles. The van der Waals surface area contributed by atoms with Gasteiger partial charge in [0, 0.05) is 37.1 Å². The highest BCUT2D eigenvalue weighted by Crippen LogP contribution is 2.18. The summed E-state index contributed by atoms with van der Waals surface area (Å²) in [7, 11) is 1.62. The lowest BCUT2D eigenvalue weighted by Gasteiger charge is -2.16. The maximum absolute atomic E-state index is 12.7. The van der Waals surface area contributed by atoms with Gasteiger partial charge in [-0.2, -0.15) is 11.8 Å². The van der Waals surface area contributed by atoms with E-state index in [-0.39, 0.29) is 35.1 Å². The van der Waals surface area contributed by atoms with Crippen LogP contribution >= 0.6 is 11.8 Å². The van der Waals surface area contributed by atoms with Gasteiger partial charge in [0.1, 0.15) is 11.8 Å². The summed E-state index contributed by atoms with van der Waals surface area (Å²) in [6, 6.07) is 9.24. The molecule has 2 aromatic carbocycles. The number of ether oxygens (including phenoxy) is 1. The third-order valence-electron chi connectivity index (χ3n) is 4.35. The largest absolute Gasteiger partial charge is 0.508 e. The second-order valence-electron chi connectivity index (χ2n) is 7.03. The van der Waals surface area contributed by atoms with E-state index in [0.717, 1.165) is 12.2 Å². The Hall–Kier alpha value is -3.24. The smallest absolute Gasteiger partial charge is 0.326 e. The number of phenolic OH excluding ortho intramolecular Hbond substituents is 1. The molecule has 10 heteroatoms. The van der Waals surface area contributed by atoms with Gasteiger partial charge in [0.05, 0.1) is 5.75 Å². The lowest BCUT2D eigenvalue weighted by atomic mass is 10.0. The van der Waals surface area contributed by atoms with E-state index in [1.807, 2.05) is 0 Å². The van der Waals surface area contributed by atoms with E-state index < -0.39 is 17.9 Å². The molecule has 1 unspecified atom stereocenters. The number of carbonyl (C=O) groups is 3. The molecule has 2 amide bonds. The number of aliphatic carboxylic acids is 1. The van der Waals surface area contributed by atoms with Crippen LogP contribution in [-0.2, 0) is 20.7 Å². The van der Waals surface area contributed by atoms with Crippen molar-refractivity contribution in [2.75, 3.05) is 36.3 Å². The number of carbonyl (C=O) groups excluding carboxylic acids is 2. The molecule has 2 rings (SSSR count). The molecule has 32 heavy (non-hydrogen) atoms. The van der Waals surface area contributed by atoms with Crippen molar-refractivity contribution in [1.82, 2.24) is 5.32 Å². The molecular weight excluding hydrogens is 434 g/mol. The van der Waals surface area contributed by atoms with E-state index in [1.165, 1.54) is 42.1 Å². The van der Waals surface area contributed by atoms with Crippen molar-refractivity contribution in [3.63, 3.8) is 0 Å². The number of hydrogen-bond donors (Lipinski definition) is 5. The second kappa shape index (κ2) is 12.6. The van der Waals surface area contributed by atoms with E-state index >= 15 is 0 Å². The number of thioether (sulfide) groups is 1. The molecule has 0 aromatic heterocycles. The fourth-order valence-corrected chi connectivity index (χ4v) is 3.56. The zero-order chi connectivity index (χ0) is 23.5. The number of nitrogen functional groups attached to an aromatic ring is 1. The van der Waals surface area contributed by atoms with Gasteiger partial charge < -0.3 is 31.3 Å². The number of benzene rings is 2. The predicted molar refractivity (Wildman–Crippen MR) is 124 cm³/mol. The van der Waals surface area contributed by atoms with Gasteiger partial charge in [-0.3, -0.25) is 9.59 Å². The first-order valence-electron chi connectivity index (χ1n) is 9.87. The first-order valence-corrected chi connectivity index (χ1v) is 11.0. The van der Waals surface area contributed by atoms with Crippen LogP contribution in [0.1, 0.15) is 22.3 Å². The Morgan fingerprint density at radius 2 is 1.88 bits per heavy atom. The van der Waals surface area contributed by atoms with Gasteiger partial charge in [0.25, 0.3) is 5.91 Å². The van der Waals surface area contributed by atoms with Gasteiger partial charge in [-0.05, 0) is 48.1 Å². The van der Waals surface area contributed by atoms with Crippen LogP contribution in [0.5, 0.6) is 5.75 Å². The summed E-state index contributed by atoms with van der Waals surface area (Å²) in [5.74, 6) is -0.980. The van der Waals surface area contributed by atoms with E-state index in [1.54, 1.807) is 19.2 Å². The highest BCUT2D eigenvalue weighted by Gasteiger charge is 2.22. The average molecular weight is 462 g/mol. The van der Waals surface area contributed by atoms with Crippen LogP contribution < -0.4 is 16.4 Å². The summed E-state index contributed by atoms with van der Waals surface area (Å²) >= 11 is 1.47. The summed E-state index contributed by atoms with van der Waals surface area (Å²) in [6.45, 7) is 0.631. The number of methoxy groups -OCH3 is 1. The zero-order valence-electron chi connectivity index (χ0n) is 17.7. The van der Waals surface area contributed by atoms with Crippen molar-refractivity contribution in [3.05, 3.63) is 53.6 Å². The minimum absolute atomic E-state index is 0.0353. The molecule has 1 atom stereocenters. The summed E-state index contributed by atoms with van der Waals surface area (Å²) in [5.41, 5.74) is 7.24. The van der Waals surface area contributed by atoms with Crippen molar-refractivity contribution < 1.29 is 29.3 Å². The summed E-state index contributed by atoms with van der Waals surface area (Å²) < 4.78 is 4.96. The van der Waals surface area contributed by atoms with Crippen LogP contribution in [0.25, 0.3) is 0 Å². The third kappa shape index (κ3) is 8.48. The maximum Gasteiger partial charge on any atom is 0.326 e. The molecule has 0 radical (unpaired) electrons. The van der Waals surface area contributed by atoms with E-state index in [2.05, 4.69) is 10.6 Å². The normalized spacial score (nSPS) is 11.5. The summed E-state index contributed by atoms with van der Waals surface area (Å²) in [5, 5.41) is 24.0. The topological polar surface area (TPSA) is 151 Å². The highest BCUT2D eigenvalue weighted by molar-refractivity contribution is 7.99. The zero-order valence-corrected chi connectivity index (χ0v) is 18.5. The first-order chi connectivity index (χ1) is 15.3. The number of carboxylic acids is 1. The Morgan fingerprint density at radius 1 is 1.16 bits per heavy atom. The van der Waals surface area contributed by atoms with Crippen LogP contribution in [-0.4, -0.2) is 59.3 Å². The molecule has 0 bridgehead atoms. The van der Waals surface area contributed by atoms with Gasteiger partial charge in [-0.15, -0.1) is 0 Å². The Kier molecular flexibility index (Phi) is 9.83. The van der Waals surface area contributed by atoms with Gasteiger partial charge in [0.2, 0.25) is 5.91 Å². The van der Waals surface area contributed by atoms with E-state index in [0.29, 0.717) is 17.9 Å². The molecule has 0 saturated carbocycles. The van der Waals surface area contributed by atoms with Crippen LogP contribution in [0.15, 0.2) is 42.5 Å².